The highest BCUT2D eigenvalue weighted by Gasteiger charge is 2.19. The van der Waals surface area contributed by atoms with Gasteiger partial charge in [0.15, 0.2) is 0 Å². The van der Waals surface area contributed by atoms with Crippen molar-refractivity contribution >= 4 is 76.5 Å². The predicted octanol–water partition coefficient (Wildman–Crippen LogP) is 13.1. The zero-order valence-corrected chi connectivity index (χ0v) is 29.5. The summed E-state index contributed by atoms with van der Waals surface area (Å²) in [6, 6.07) is 64.3. The van der Waals surface area contributed by atoms with Crippen LogP contribution in [0.3, 0.4) is 0 Å². The van der Waals surface area contributed by atoms with E-state index in [9.17, 15) is 0 Å². The number of nitrogens with zero attached hydrogens (tertiary/aromatic N) is 4. The monoisotopic (exact) mass is 702 g/mol. The Bertz CT molecular complexity index is 3500. The van der Waals surface area contributed by atoms with Gasteiger partial charge in [0, 0.05) is 49.0 Å². The van der Waals surface area contributed by atoms with Crippen LogP contribution in [-0.2, 0) is 0 Å². The van der Waals surface area contributed by atoms with E-state index in [1.807, 2.05) is 18.2 Å². The third kappa shape index (κ3) is 4.47. The summed E-state index contributed by atoms with van der Waals surface area (Å²) in [5.74, 6) is 0.639. The number of fused-ring (bicyclic) bond motifs is 10. The second-order valence-electron chi connectivity index (χ2n) is 14.2. The smallest absolute Gasteiger partial charge is 0.235 e. The van der Waals surface area contributed by atoms with Crippen molar-refractivity contribution in [2.45, 2.75) is 0 Å². The first-order chi connectivity index (χ1) is 27.3. The SMILES string of the molecule is c1ccc(-n2c3ccccc3c3cc(-c4ccc5c(c4)c4ccccc4n5-c4nc(-c5ccc6oc7ccccc7c6c5)c5ccccc5n4)ccc32)cc1. The van der Waals surface area contributed by atoms with Crippen LogP contribution in [0.25, 0.3) is 110 Å². The molecule has 0 saturated heterocycles. The van der Waals surface area contributed by atoms with E-state index in [2.05, 4.69) is 173 Å². The number of benzene rings is 8. The molecule has 12 aromatic rings. The fourth-order valence-electron chi connectivity index (χ4n) is 8.63. The van der Waals surface area contributed by atoms with Crippen molar-refractivity contribution < 1.29 is 4.42 Å². The molecule has 0 atom stereocenters. The molecule has 0 unspecified atom stereocenters. The van der Waals surface area contributed by atoms with Crippen molar-refractivity contribution in [1.82, 2.24) is 19.1 Å². The van der Waals surface area contributed by atoms with Gasteiger partial charge in [0.2, 0.25) is 5.95 Å². The lowest BCUT2D eigenvalue weighted by Crippen LogP contribution is -2.03. The van der Waals surface area contributed by atoms with Crippen LogP contribution < -0.4 is 0 Å². The fraction of sp³-hybridized carbons (Fsp3) is 0. The molecule has 5 nitrogen and oxygen atoms in total. The third-order valence-electron chi connectivity index (χ3n) is 11.1. The lowest BCUT2D eigenvalue weighted by Gasteiger charge is -2.12. The molecule has 5 heteroatoms. The molecule has 0 aliphatic rings. The zero-order valence-electron chi connectivity index (χ0n) is 29.5. The molecule has 8 aromatic carbocycles. The molecule has 0 spiro atoms. The maximum absolute atomic E-state index is 6.17. The summed E-state index contributed by atoms with van der Waals surface area (Å²) < 4.78 is 10.7. The molecule has 0 radical (unpaired) electrons. The summed E-state index contributed by atoms with van der Waals surface area (Å²) in [4.78, 5) is 10.6. The molecular formula is C50H30N4O. The van der Waals surface area contributed by atoms with Crippen molar-refractivity contribution in [3.63, 3.8) is 0 Å². The van der Waals surface area contributed by atoms with Crippen molar-refractivity contribution in [3.8, 4) is 34.0 Å². The molecule has 0 aliphatic heterocycles. The Morgan fingerprint density at radius 2 is 0.873 bits per heavy atom. The summed E-state index contributed by atoms with van der Waals surface area (Å²) >= 11 is 0. The number of rotatable bonds is 4. The van der Waals surface area contributed by atoms with Gasteiger partial charge < -0.3 is 8.98 Å². The van der Waals surface area contributed by atoms with E-state index in [0.29, 0.717) is 5.95 Å². The van der Waals surface area contributed by atoms with Crippen molar-refractivity contribution in [3.05, 3.63) is 182 Å². The lowest BCUT2D eigenvalue weighted by atomic mass is 10.0. The number of aromatic nitrogens is 4. The predicted molar refractivity (Wildman–Crippen MR) is 226 cm³/mol. The first kappa shape index (κ1) is 30.0. The van der Waals surface area contributed by atoms with E-state index in [-0.39, 0.29) is 0 Å². The average Bonchev–Trinajstić information content (AvgIpc) is 3.90. The Morgan fingerprint density at radius 3 is 1.62 bits per heavy atom. The van der Waals surface area contributed by atoms with Gasteiger partial charge in [-0.05, 0) is 90.0 Å². The van der Waals surface area contributed by atoms with Crippen LogP contribution >= 0.6 is 0 Å². The molecule has 0 aliphatic carbocycles. The topological polar surface area (TPSA) is 48.8 Å². The molecule has 256 valence electrons. The molecule has 4 aromatic heterocycles. The second-order valence-corrected chi connectivity index (χ2v) is 14.2. The van der Waals surface area contributed by atoms with E-state index in [4.69, 9.17) is 14.4 Å². The van der Waals surface area contributed by atoms with Crippen molar-refractivity contribution in [1.29, 1.82) is 0 Å². The first-order valence-corrected chi connectivity index (χ1v) is 18.6. The molecule has 4 heterocycles. The largest absolute Gasteiger partial charge is 0.456 e. The van der Waals surface area contributed by atoms with Crippen LogP contribution in [0.2, 0.25) is 0 Å². The van der Waals surface area contributed by atoms with Gasteiger partial charge in [0.25, 0.3) is 0 Å². The van der Waals surface area contributed by atoms with Gasteiger partial charge in [-0.1, -0.05) is 103 Å². The molecule has 0 saturated carbocycles. The molecule has 0 fully saturated rings. The van der Waals surface area contributed by atoms with Gasteiger partial charge in [-0.3, -0.25) is 4.57 Å². The summed E-state index contributed by atoms with van der Waals surface area (Å²) in [5, 5.41) is 7.96. The van der Waals surface area contributed by atoms with Crippen LogP contribution in [0.15, 0.2) is 186 Å². The zero-order chi connectivity index (χ0) is 36.0. The molecule has 12 rings (SSSR count). The van der Waals surface area contributed by atoms with E-state index in [1.165, 1.54) is 27.4 Å². The molecule has 55 heavy (non-hydrogen) atoms. The van der Waals surface area contributed by atoms with Crippen LogP contribution in [0.1, 0.15) is 0 Å². The second kappa shape index (κ2) is 11.5. The molecule has 0 N–H and O–H groups in total. The fourth-order valence-corrected chi connectivity index (χ4v) is 8.63. The minimum atomic E-state index is 0.639. The Morgan fingerprint density at radius 1 is 0.345 bits per heavy atom. The lowest BCUT2D eigenvalue weighted by molar-refractivity contribution is 0.669. The highest BCUT2D eigenvalue weighted by atomic mass is 16.3. The number of hydrogen-bond acceptors (Lipinski definition) is 3. The Labute approximate surface area is 315 Å². The van der Waals surface area contributed by atoms with Crippen LogP contribution in [0.5, 0.6) is 0 Å². The molecule has 0 amide bonds. The van der Waals surface area contributed by atoms with Gasteiger partial charge >= 0.3 is 0 Å². The van der Waals surface area contributed by atoms with E-state index in [1.54, 1.807) is 0 Å². The summed E-state index contributed by atoms with van der Waals surface area (Å²) in [7, 11) is 0. The first-order valence-electron chi connectivity index (χ1n) is 18.6. The number of hydrogen-bond donors (Lipinski definition) is 0. The van der Waals surface area contributed by atoms with E-state index < -0.39 is 0 Å². The Kier molecular flexibility index (Phi) is 6.27. The number of furan rings is 1. The minimum Gasteiger partial charge on any atom is -0.456 e. The van der Waals surface area contributed by atoms with Gasteiger partial charge in [0.05, 0.1) is 33.3 Å². The Hall–Kier alpha value is -7.50. The van der Waals surface area contributed by atoms with E-state index >= 15 is 0 Å². The summed E-state index contributed by atoms with van der Waals surface area (Å²) in [6.07, 6.45) is 0. The Balaban J connectivity index is 1.05. The molecule has 0 bridgehead atoms. The van der Waals surface area contributed by atoms with E-state index in [0.717, 1.165) is 77.2 Å². The summed E-state index contributed by atoms with van der Waals surface area (Å²) in [5.41, 5.74) is 12.6. The standard InChI is InChI=1S/C50H30N4O/c1-2-12-34(13-3-1)53-43-19-9-5-14-35(43)39-28-31(22-25-45(39)53)32-23-26-46-40(29-32)36-15-6-10-20-44(36)54(46)50-51-42-18-8-4-17-38(42)49(52-50)33-24-27-48-41(30-33)37-16-7-11-21-47(37)55-48/h1-30H. The van der Waals surface area contributed by atoms with Gasteiger partial charge in [-0.15, -0.1) is 0 Å². The average molecular weight is 703 g/mol. The quantitative estimate of drug-likeness (QED) is 0.183. The van der Waals surface area contributed by atoms with Crippen LogP contribution in [0.4, 0.5) is 0 Å². The highest BCUT2D eigenvalue weighted by molar-refractivity contribution is 6.13. The maximum Gasteiger partial charge on any atom is 0.235 e. The molecular weight excluding hydrogens is 673 g/mol. The summed E-state index contributed by atoms with van der Waals surface area (Å²) in [6.45, 7) is 0. The van der Waals surface area contributed by atoms with Crippen LogP contribution in [0, 0.1) is 0 Å². The van der Waals surface area contributed by atoms with Crippen molar-refractivity contribution in [2.24, 2.45) is 0 Å². The minimum absolute atomic E-state index is 0.639. The highest BCUT2D eigenvalue weighted by Crippen LogP contribution is 2.39. The normalized spacial score (nSPS) is 12.0. The van der Waals surface area contributed by atoms with Crippen molar-refractivity contribution in [2.75, 3.05) is 0 Å². The van der Waals surface area contributed by atoms with Crippen LogP contribution in [-0.4, -0.2) is 19.1 Å². The van der Waals surface area contributed by atoms with Gasteiger partial charge in [-0.25, -0.2) is 9.97 Å². The maximum atomic E-state index is 6.17. The van der Waals surface area contributed by atoms with Gasteiger partial charge in [0.1, 0.15) is 11.2 Å². The van der Waals surface area contributed by atoms with Gasteiger partial charge in [-0.2, -0.15) is 0 Å². The third-order valence-corrected chi connectivity index (χ3v) is 11.1. The number of para-hydroxylation sites is 5.